The summed E-state index contributed by atoms with van der Waals surface area (Å²) in [6.07, 6.45) is 4.99. The van der Waals surface area contributed by atoms with Crippen LogP contribution < -0.4 is 5.73 Å². The van der Waals surface area contributed by atoms with E-state index in [0.717, 1.165) is 50.8 Å². The van der Waals surface area contributed by atoms with Gasteiger partial charge in [0.2, 0.25) is 5.91 Å². The topological polar surface area (TPSA) is 68.3 Å². The van der Waals surface area contributed by atoms with Crippen LogP contribution in [-0.2, 0) is 16.1 Å². The Labute approximate surface area is 176 Å². The second-order valence-corrected chi connectivity index (χ2v) is 9.69. The summed E-state index contributed by atoms with van der Waals surface area (Å²) in [5.41, 5.74) is 4.59. The first kappa shape index (κ1) is 23.6. The van der Waals surface area contributed by atoms with E-state index in [2.05, 4.69) is 24.5 Å². The van der Waals surface area contributed by atoms with Crippen LogP contribution in [0.3, 0.4) is 0 Å². The minimum absolute atomic E-state index is 0.0377. The highest BCUT2D eigenvalue weighted by Crippen LogP contribution is 2.29. The average molecular weight is 403 g/mol. The molecule has 0 unspecified atom stereocenters. The average Bonchev–Trinajstić information content (AvgIpc) is 2.67. The number of amides is 1. The zero-order chi connectivity index (χ0) is 21.5. The summed E-state index contributed by atoms with van der Waals surface area (Å²) in [6, 6.07) is 9.96. The zero-order valence-electron chi connectivity index (χ0n) is 18.9. The summed E-state index contributed by atoms with van der Waals surface area (Å²) in [4.78, 5) is 30.5. The van der Waals surface area contributed by atoms with Gasteiger partial charge < -0.3 is 10.6 Å². The first-order chi connectivity index (χ1) is 13.7. The summed E-state index contributed by atoms with van der Waals surface area (Å²) in [7, 11) is 0. The van der Waals surface area contributed by atoms with Crippen LogP contribution in [0.1, 0.15) is 65.4 Å². The van der Waals surface area contributed by atoms with E-state index in [9.17, 15) is 9.59 Å². The van der Waals surface area contributed by atoms with Crippen molar-refractivity contribution >= 4 is 11.7 Å². The number of quaternary nitrogens is 1. The van der Waals surface area contributed by atoms with Crippen LogP contribution in [0.15, 0.2) is 30.3 Å². The van der Waals surface area contributed by atoms with Crippen molar-refractivity contribution in [1.29, 1.82) is 0 Å². The lowest BCUT2D eigenvalue weighted by molar-refractivity contribution is -0.368. The molecule has 0 spiro atoms. The van der Waals surface area contributed by atoms with Crippen molar-refractivity contribution in [3.05, 3.63) is 35.9 Å². The highest BCUT2D eigenvalue weighted by Gasteiger charge is 2.34. The van der Waals surface area contributed by atoms with Crippen LogP contribution in [0.25, 0.3) is 0 Å². The molecule has 1 heterocycles. The van der Waals surface area contributed by atoms with Crippen molar-refractivity contribution in [2.24, 2.45) is 5.41 Å². The van der Waals surface area contributed by atoms with Gasteiger partial charge >= 0.3 is 0 Å². The van der Waals surface area contributed by atoms with Gasteiger partial charge in [0.05, 0.1) is 19.6 Å². The Morgan fingerprint density at radius 2 is 1.62 bits per heavy atom. The number of carbonyl (C=O) groups is 2. The second kappa shape index (κ2) is 10.4. The quantitative estimate of drug-likeness (QED) is 0.823. The zero-order valence-corrected chi connectivity index (χ0v) is 18.9. The van der Waals surface area contributed by atoms with E-state index in [-0.39, 0.29) is 23.8 Å². The van der Waals surface area contributed by atoms with Crippen molar-refractivity contribution in [3.8, 4) is 0 Å². The number of hydrogen-bond acceptors (Lipinski definition) is 3. The summed E-state index contributed by atoms with van der Waals surface area (Å²) in [6.45, 7) is 11.3. The van der Waals surface area contributed by atoms with Gasteiger partial charge in [-0.2, -0.15) is 0 Å². The van der Waals surface area contributed by atoms with Crippen molar-refractivity contribution in [1.82, 2.24) is 9.80 Å². The number of ketones is 1. The molecule has 1 aliphatic rings. The first-order valence-electron chi connectivity index (χ1n) is 11.0. The Hall–Kier alpha value is -1.72. The van der Waals surface area contributed by atoms with Crippen LogP contribution >= 0.6 is 0 Å². The number of rotatable bonds is 5. The Morgan fingerprint density at radius 3 is 2.28 bits per heavy atom. The molecular weight excluding hydrogens is 362 g/mol. The molecule has 2 rings (SSSR count). The highest BCUT2D eigenvalue weighted by atomic mass is 16.2. The molecule has 3 N–H and O–H groups in total. The predicted octanol–water partition coefficient (Wildman–Crippen LogP) is 2.90. The normalized spacial score (nSPS) is 21.5. The van der Waals surface area contributed by atoms with Gasteiger partial charge in [-0.3, -0.25) is 14.5 Å². The lowest BCUT2D eigenvalue weighted by atomic mass is 9.81. The molecule has 5 heteroatoms. The van der Waals surface area contributed by atoms with Gasteiger partial charge in [-0.1, -0.05) is 57.0 Å². The number of nitrogens with zero attached hydrogens (tertiary/aromatic N) is 2. The van der Waals surface area contributed by atoms with Crippen molar-refractivity contribution in [2.75, 3.05) is 26.2 Å². The molecule has 1 fully saturated rings. The molecule has 1 aromatic carbocycles. The first-order valence-corrected chi connectivity index (χ1v) is 11.0. The Kier molecular flexibility index (Phi) is 8.41. The van der Waals surface area contributed by atoms with Crippen LogP contribution in [-0.4, -0.2) is 53.2 Å². The third-order valence-corrected chi connectivity index (χ3v) is 6.36. The van der Waals surface area contributed by atoms with E-state index in [4.69, 9.17) is 0 Å². The highest BCUT2D eigenvalue weighted by molar-refractivity contribution is 5.90. The van der Waals surface area contributed by atoms with Gasteiger partial charge in [0.25, 0.3) is 0 Å². The molecule has 0 bridgehead atoms. The lowest BCUT2D eigenvalue weighted by Gasteiger charge is -2.40. The maximum absolute atomic E-state index is 13.4. The van der Waals surface area contributed by atoms with Crippen LogP contribution in [0.4, 0.5) is 0 Å². The molecule has 0 atom stereocenters. The van der Waals surface area contributed by atoms with Crippen molar-refractivity contribution < 1.29 is 15.3 Å². The Morgan fingerprint density at radius 1 is 0.966 bits per heavy atom. The molecule has 162 valence electrons. The van der Waals surface area contributed by atoms with Gasteiger partial charge in [-0.05, 0) is 32.3 Å². The van der Waals surface area contributed by atoms with Crippen LogP contribution in [0, 0.1) is 5.41 Å². The fourth-order valence-electron chi connectivity index (χ4n) is 4.01. The van der Waals surface area contributed by atoms with Gasteiger partial charge in [0, 0.05) is 30.5 Å². The molecule has 29 heavy (non-hydrogen) atoms. The molecule has 5 nitrogen and oxygen atoms in total. The van der Waals surface area contributed by atoms with E-state index in [0.29, 0.717) is 13.1 Å². The largest absolute Gasteiger partial charge is 0.358 e. The molecule has 0 aromatic heterocycles. The summed E-state index contributed by atoms with van der Waals surface area (Å²) >= 11 is 0. The van der Waals surface area contributed by atoms with Crippen LogP contribution in [0.5, 0.6) is 0 Å². The minimum Gasteiger partial charge on any atom is -0.358 e. The Bertz CT molecular complexity index is 670. The summed E-state index contributed by atoms with van der Waals surface area (Å²) in [5.74, 6) is 0.196. The number of benzene rings is 1. The summed E-state index contributed by atoms with van der Waals surface area (Å²) < 4.78 is 0. The standard InChI is InChI=1S/C24H39N3O2/c1-23(2)13-8-9-14-24(3,4)27(16-10-15-25)19-22(29)26(18-21(23)28)17-20-11-6-5-7-12-20/h5-7,11-12H,8-10,13-19,25H2,1-4H3/p+1. The molecule has 1 saturated heterocycles. The molecule has 1 aliphatic heterocycles. The lowest BCUT2D eigenvalue weighted by Crippen LogP contribution is -2.54. The van der Waals surface area contributed by atoms with E-state index in [1.54, 1.807) is 4.90 Å². The predicted molar refractivity (Wildman–Crippen MR) is 117 cm³/mol. The van der Waals surface area contributed by atoms with E-state index >= 15 is 0 Å². The monoisotopic (exact) mass is 402 g/mol. The summed E-state index contributed by atoms with van der Waals surface area (Å²) in [5, 5.41) is 0. The van der Waals surface area contributed by atoms with Crippen molar-refractivity contribution in [3.63, 3.8) is 0 Å². The molecule has 1 aromatic rings. The minimum atomic E-state index is -0.397. The van der Waals surface area contributed by atoms with E-state index < -0.39 is 5.41 Å². The molecule has 1 amide bonds. The molecule has 0 saturated carbocycles. The van der Waals surface area contributed by atoms with Crippen molar-refractivity contribution in [2.45, 2.75) is 71.9 Å². The van der Waals surface area contributed by atoms with Gasteiger partial charge in [-0.25, -0.2) is 0 Å². The fraction of sp³-hybridized carbons (Fsp3) is 0.667. The van der Waals surface area contributed by atoms with Gasteiger partial charge in [0.1, 0.15) is 0 Å². The second-order valence-electron chi connectivity index (χ2n) is 9.69. The number of carbonyl (C=O) groups excluding carboxylic acids is 2. The SMILES string of the molecule is CC1(C)CCCCC(C)(C)N(CCC[NH3+])CC(=O)N(Cc2ccccc2)CC1=O. The fourth-order valence-corrected chi connectivity index (χ4v) is 4.01. The third-order valence-electron chi connectivity index (χ3n) is 6.36. The number of hydrogen-bond donors (Lipinski definition) is 1. The smallest absolute Gasteiger partial charge is 0.237 e. The number of Topliss-reactive ketones (excluding diaryl/α,β-unsaturated/α-hetero) is 1. The van der Waals surface area contributed by atoms with E-state index in [1.807, 2.05) is 44.2 Å². The maximum Gasteiger partial charge on any atom is 0.237 e. The Balaban J connectivity index is 2.30. The van der Waals surface area contributed by atoms with Gasteiger partial charge in [-0.15, -0.1) is 0 Å². The molecular formula is C24H40N3O2+. The molecule has 0 radical (unpaired) electrons. The van der Waals surface area contributed by atoms with E-state index in [1.165, 1.54) is 0 Å². The van der Waals surface area contributed by atoms with Gasteiger partial charge in [0.15, 0.2) is 5.78 Å². The third kappa shape index (κ3) is 6.93. The molecule has 0 aliphatic carbocycles. The van der Waals surface area contributed by atoms with Crippen LogP contribution in [0.2, 0.25) is 0 Å². The maximum atomic E-state index is 13.4.